The highest BCUT2D eigenvalue weighted by Crippen LogP contribution is 2.40. The van der Waals surface area contributed by atoms with Crippen LogP contribution in [0.15, 0.2) is 30.3 Å². The lowest BCUT2D eigenvalue weighted by Gasteiger charge is -2.60. The zero-order valence-electron chi connectivity index (χ0n) is 15.0. The zero-order valence-corrected chi connectivity index (χ0v) is 15.0. The molecule has 3 saturated heterocycles. The molecule has 0 aromatic heterocycles. The van der Waals surface area contributed by atoms with E-state index in [0.29, 0.717) is 5.41 Å². The summed E-state index contributed by atoms with van der Waals surface area (Å²) in [6, 6.07) is 11.0. The van der Waals surface area contributed by atoms with E-state index < -0.39 is 0 Å². The third-order valence-corrected chi connectivity index (χ3v) is 5.75. The van der Waals surface area contributed by atoms with Crippen LogP contribution in [-0.2, 0) is 11.4 Å². The number of nitrogens with zero attached hydrogens (tertiary/aromatic N) is 3. The quantitative estimate of drug-likeness (QED) is 0.900. The molecule has 1 aromatic rings. The van der Waals surface area contributed by atoms with E-state index in [4.69, 9.17) is 4.84 Å². The van der Waals surface area contributed by atoms with Crippen LogP contribution in [0, 0.1) is 5.41 Å². The first-order valence-corrected chi connectivity index (χ1v) is 9.27. The molecule has 3 aliphatic rings. The summed E-state index contributed by atoms with van der Waals surface area (Å²) in [6.07, 6.45) is 1.92. The van der Waals surface area contributed by atoms with Crippen molar-refractivity contribution in [2.24, 2.45) is 5.41 Å². The van der Waals surface area contributed by atoms with Gasteiger partial charge in [-0.05, 0) is 18.4 Å². The Labute approximate surface area is 149 Å². The molecule has 6 heteroatoms. The van der Waals surface area contributed by atoms with Crippen LogP contribution in [0.4, 0.5) is 4.79 Å². The number of nitrogens with one attached hydrogen (secondary N) is 1. The zero-order chi connectivity index (χ0) is 17.3. The first-order valence-electron chi connectivity index (χ1n) is 9.27. The van der Waals surface area contributed by atoms with Crippen LogP contribution in [0.5, 0.6) is 0 Å². The molecular weight excluding hydrogens is 316 g/mol. The lowest BCUT2D eigenvalue weighted by Crippen LogP contribution is -2.73. The fourth-order valence-corrected chi connectivity index (χ4v) is 4.41. The number of hydrogen-bond donors (Lipinski definition) is 1. The number of rotatable bonds is 4. The predicted molar refractivity (Wildman–Crippen MR) is 95.9 cm³/mol. The van der Waals surface area contributed by atoms with Crippen LogP contribution in [0.25, 0.3) is 0 Å². The van der Waals surface area contributed by atoms with Crippen molar-refractivity contribution < 1.29 is 9.63 Å². The molecule has 25 heavy (non-hydrogen) atoms. The molecule has 0 atom stereocenters. The molecule has 3 aliphatic heterocycles. The molecule has 6 nitrogen and oxygen atoms in total. The predicted octanol–water partition coefficient (Wildman–Crippen LogP) is 1.54. The van der Waals surface area contributed by atoms with E-state index in [-0.39, 0.29) is 12.1 Å². The molecule has 0 aliphatic carbocycles. The fraction of sp³-hybridized carbons (Fsp3) is 0.632. The number of carbonyl (C=O) groups excluding carboxylic acids is 1. The monoisotopic (exact) mass is 344 g/mol. The molecular formula is C19H28N4O2. The van der Waals surface area contributed by atoms with Gasteiger partial charge in [-0.3, -0.25) is 4.90 Å². The fourth-order valence-electron chi connectivity index (χ4n) is 4.41. The van der Waals surface area contributed by atoms with E-state index in [0.717, 1.165) is 58.7 Å². The average molecular weight is 344 g/mol. The maximum absolute atomic E-state index is 12.4. The lowest BCUT2D eigenvalue weighted by molar-refractivity contribution is -0.144. The van der Waals surface area contributed by atoms with Gasteiger partial charge in [-0.1, -0.05) is 30.3 Å². The number of hydroxylamine groups is 2. The van der Waals surface area contributed by atoms with E-state index in [9.17, 15) is 4.79 Å². The van der Waals surface area contributed by atoms with Gasteiger partial charge in [0.15, 0.2) is 0 Å². The van der Waals surface area contributed by atoms with Crippen LogP contribution >= 0.6 is 0 Å². The number of likely N-dealkylation sites (tertiary alicyclic amines) is 2. The molecule has 1 aromatic carbocycles. The van der Waals surface area contributed by atoms with Gasteiger partial charge in [-0.2, -0.15) is 5.06 Å². The van der Waals surface area contributed by atoms with Crippen LogP contribution in [0.1, 0.15) is 18.4 Å². The molecule has 3 fully saturated rings. The lowest BCUT2D eigenvalue weighted by atomic mass is 9.73. The van der Waals surface area contributed by atoms with Crippen LogP contribution in [-0.4, -0.2) is 73.3 Å². The Balaban J connectivity index is 1.17. The number of hydrogen-bond acceptors (Lipinski definition) is 4. The van der Waals surface area contributed by atoms with Crippen molar-refractivity contribution in [3.05, 3.63) is 35.9 Å². The number of piperidine rings is 1. The third-order valence-electron chi connectivity index (χ3n) is 5.75. The van der Waals surface area contributed by atoms with Gasteiger partial charge >= 0.3 is 6.03 Å². The van der Waals surface area contributed by atoms with E-state index >= 15 is 0 Å². The minimum Gasteiger partial charge on any atom is -0.335 e. The minimum atomic E-state index is 0.114. The second-order valence-corrected chi connectivity index (χ2v) is 7.82. The summed E-state index contributed by atoms with van der Waals surface area (Å²) >= 11 is 0. The van der Waals surface area contributed by atoms with Crippen LogP contribution in [0.3, 0.4) is 0 Å². The van der Waals surface area contributed by atoms with E-state index in [1.165, 1.54) is 5.56 Å². The Morgan fingerprint density at radius 2 is 1.84 bits per heavy atom. The second kappa shape index (κ2) is 6.94. The smallest absolute Gasteiger partial charge is 0.317 e. The highest BCUT2D eigenvalue weighted by Gasteiger charge is 2.53. The summed E-state index contributed by atoms with van der Waals surface area (Å²) in [6.45, 7) is 6.82. The highest BCUT2D eigenvalue weighted by molar-refractivity contribution is 5.75. The van der Waals surface area contributed by atoms with Gasteiger partial charge < -0.3 is 15.1 Å². The summed E-state index contributed by atoms with van der Waals surface area (Å²) in [5, 5.41) is 5.15. The maximum atomic E-state index is 12.4. The molecule has 0 radical (unpaired) electrons. The first-order chi connectivity index (χ1) is 12.2. The number of amides is 2. The minimum absolute atomic E-state index is 0.114. The SMILES string of the molecule is CON1CCC(NC(=O)N2CC3(CN(Cc4ccccc4)C3)C2)CC1. The van der Waals surface area contributed by atoms with E-state index in [2.05, 4.69) is 40.5 Å². The number of urea groups is 1. The Kier molecular flexibility index (Phi) is 4.67. The van der Waals surface area contributed by atoms with Crippen molar-refractivity contribution in [3.8, 4) is 0 Å². The Morgan fingerprint density at radius 3 is 2.48 bits per heavy atom. The molecule has 0 bridgehead atoms. The highest BCUT2D eigenvalue weighted by atomic mass is 16.7. The summed E-state index contributed by atoms with van der Waals surface area (Å²) in [5.74, 6) is 0. The largest absolute Gasteiger partial charge is 0.335 e. The van der Waals surface area contributed by atoms with Gasteiger partial charge in [0, 0.05) is 57.3 Å². The van der Waals surface area contributed by atoms with Gasteiger partial charge in [0.05, 0.1) is 7.11 Å². The van der Waals surface area contributed by atoms with Crippen molar-refractivity contribution in [1.29, 1.82) is 0 Å². The third kappa shape index (κ3) is 3.66. The summed E-state index contributed by atoms with van der Waals surface area (Å²) in [7, 11) is 1.71. The standard InChI is InChI=1S/C19H28N4O2/c1-25-23-9-7-17(8-10-23)20-18(24)22-14-19(15-22)12-21(13-19)11-16-5-3-2-4-6-16/h2-6,17H,7-15H2,1H3,(H,20,24). The summed E-state index contributed by atoms with van der Waals surface area (Å²) in [5.41, 5.74) is 1.72. The molecule has 0 saturated carbocycles. The Hall–Kier alpha value is -1.63. The van der Waals surface area contributed by atoms with Crippen molar-refractivity contribution in [2.75, 3.05) is 46.4 Å². The van der Waals surface area contributed by atoms with Gasteiger partial charge in [-0.25, -0.2) is 4.79 Å². The topological polar surface area (TPSA) is 48.1 Å². The molecule has 3 heterocycles. The number of benzene rings is 1. The second-order valence-electron chi connectivity index (χ2n) is 7.82. The molecule has 1 N–H and O–H groups in total. The Morgan fingerprint density at radius 1 is 1.16 bits per heavy atom. The molecule has 4 rings (SSSR count). The first kappa shape index (κ1) is 16.8. The van der Waals surface area contributed by atoms with Crippen molar-refractivity contribution in [3.63, 3.8) is 0 Å². The van der Waals surface area contributed by atoms with Gasteiger partial charge in [0.1, 0.15) is 0 Å². The summed E-state index contributed by atoms with van der Waals surface area (Å²) in [4.78, 5) is 22.1. The van der Waals surface area contributed by atoms with Crippen LogP contribution < -0.4 is 5.32 Å². The van der Waals surface area contributed by atoms with Crippen molar-refractivity contribution in [1.82, 2.24) is 20.2 Å². The number of carbonyl (C=O) groups is 1. The van der Waals surface area contributed by atoms with E-state index in [1.807, 2.05) is 9.96 Å². The molecule has 2 amide bonds. The Bertz CT molecular complexity index is 587. The van der Waals surface area contributed by atoms with E-state index in [1.54, 1.807) is 7.11 Å². The van der Waals surface area contributed by atoms with Gasteiger partial charge in [-0.15, -0.1) is 0 Å². The molecule has 1 spiro atoms. The average Bonchev–Trinajstić information content (AvgIpc) is 2.57. The summed E-state index contributed by atoms with van der Waals surface area (Å²) < 4.78 is 0. The normalized spacial score (nSPS) is 24.0. The van der Waals surface area contributed by atoms with Gasteiger partial charge in [0.2, 0.25) is 0 Å². The van der Waals surface area contributed by atoms with Crippen molar-refractivity contribution >= 4 is 6.03 Å². The molecule has 0 unspecified atom stereocenters. The van der Waals surface area contributed by atoms with Gasteiger partial charge in [0.25, 0.3) is 0 Å². The molecule has 136 valence electrons. The van der Waals surface area contributed by atoms with Crippen LogP contribution in [0.2, 0.25) is 0 Å². The maximum Gasteiger partial charge on any atom is 0.317 e. The van der Waals surface area contributed by atoms with Crippen molar-refractivity contribution in [2.45, 2.75) is 25.4 Å².